The second-order valence-electron chi connectivity index (χ2n) is 7.55. The zero-order valence-electron chi connectivity index (χ0n) is 20.6. The van der Waals surface area contributed by atoms with Gasteiger partial charge in [0.1, 0.15) is 23.8 Å². The van der Waals surface area contributed by atoms with Crippen LogP contribution in [0.2, 0.25) is 0 Å². The summed E-state index contributed by atoms with van der Waals surface area (Å²) in [4.78, 5) is 12.9. The number of nitrogens with one attached hydrogen (secondary N) is 1. The van der Waals surface area contributed by atoms with Crippen molar-refractivity contribution in [1.29, 1.82) is 0 Å². The van der Waals surface area contributed by atoms with Crippen LogP contribution in [0.3, 0.4) is 0 Å². The van der Waals surface area contributed by atoms with Gasteiger partial charge in [-0.1, -0.05) is 18.2 Å². The first-order valence-corrected chi connectivity index (χ1v) is 12.6. The van der Waals surface area contributed by atoms with Gasteiger partial charge in [0.15, 0.2) is 0 Å². The molecule has 0 fully saturated rings. The molecule has 0 aromatic heterocycles. The van der Waals surface area contributed by atoms with Crippen molar-refractivity contribution in [3.8, 4) is 17.2 Å². The van der Waals surface area contributed by atoms with Gasteiger partial charge in [-0.25, -0.2) is 13.8 Å². The van der Waals surface area contributed by atoms with Crippen LogP contribution in [0.15, 0.2) is 82.8 Å². The number of hydrogen-bond acceptors (Lipinski definition) is 7. The van der Waals surface area contributed by atoms with Crippen LogP contribution < -0.4 is 23.9 Å². The Kier molecular flexibility index (Phi) is 8.91. The molecule has 1 amide bonds. The molecule has 0 radical (unpaired) electrons. The Bertz CT molecular complexity index is 1310. The molecule has 36 heavy (non-hydrogen) atoms. The van der Waals surface area contributed by atoms with E-state index in [4.69, 9.17) is 14.2 Å². The van der Waals surface area contributed by atoms with Gasteiger partial charge in [-0.15, -0.1) is 0 Å². The zero-order chi connectivity index (χ0) is 26.1. The minimum Gasteiger partial charge on any atom is -0.497 e. The van der Waals surface area contributed by atoms with E-state index in [9.17, 15) is 13.2 Å². The number of sulfonamides is 1. The van der Waals surface area contributed by atoms with E-state index < -0.39 is 22.5 Å². The maximum atomic E-state index is 13.5. The van der Waals surface area contributed by atoms with Crippen molar-refractivity contribution in [2.45, 2.75) is 18.7 Å². The minimum atomic E-state index is -4.11. The molecule has 190 valence electrons. The highest BCUT2D eigenvalue weighted by Crippen LogP contribution is 2.35. The molecule has 3 aromatic carbocycles. The lowest BCUT2D eigenvalue weighted by Crippen LogP contribution is -2.40. The average Bonchev–Trinajstić information content (AvgIpc) is 2.91. The normalized spacial score (nSPS) is 11.5. The SMILES string of the molecule is CCOc1ccc(/C(C)=N\NC(=O)CN(c2ccc(OC)cc2OC)S(=O)(=O)c2ccccc2)cc1. The molecule has 0 saturated heterocycles. The van der Waals surface area contributed by atoms with Gasteiger partial charge in [0.05, 0.1) is 37.1 Å². The lowest BCUT2D eigenvalue weighted by molar-refractivity contribution is -0.119. The number of carbonyl (C=O) groups excluding carboxylic acids is 1. The smallest absolute Gasteiger partial charge is 0.264 e. The Hall–Kier alpha value is -4.05. The van der Waals surface area contributed by atoms with E-state index in [-0.39, 0.29) is 16.3 Å². The van der Waals surface area contributed by atoms with Crippen molar-refractivity contribution in [2.75, 3.05) is 31.7 Å². The van der Waals surface area contributed by atoms with E-state index in [0.717, 1.165) is 15.6 Å². The fourth-order valence-electron chi connectivity index (χ4n) is 3.35. The molecular weight excluding hydrogens is 482 g/mol. The number of anilines is 1. The third-order valence-corrected chi connectivity index (χ3v) is 6.98. The summed E-state index contributed by atoms with van der Waals surface area (Å²) < 4.78 is 44.1. The van der Waals surface area contributed by atoms with Gasteiger partial charge in [0.2, 0.25) is 0 Å². The summed E-state index contributed by atoms with van der Waals surface area (Å²) >= 11 is 0. The molecule has 9 nitrogen and oxygen atoms in total. The Morgan fingerprint density at radius 3 is 2.22 bits per heavy atom. The molecule has 3 aromatic rings. The van der Waals surface area contributed by atoms with Crippen LogP contribution in [0.4, 0.5) is 5.69 Å². The first-order valence-electron chi connectivity index (χ1n) is 11.2. The fourth-order valence-corrected chi connectivity index (χ4v) is 4.80. The van der Waals surface area contributed by atoms with Crippen LogP contribution in [0.25, 0.3) is 0 Å². The zero-order valence-corrected chi connectivity index (χ0v) is 21.4. The molecule has 1 N–H and O–H groups in total. The molecule has 0 aliphatic carbocycles. The van der Waals surface area contributed by atoms with Crippen molar-refractivity contribution < 1.29 is 27.4 Å². The Balaban J connectivity index is 1.89. The maximum Gasteiger partial charge on any atom is 0.264 e. The van der Waals surface area contributed by atoms with E-state index in [1.165, 1.54) is 32.4 Å². The number of rotatable bonds is 11. The first-order chi connectivity index (χ1) is 17.3. The summed E-state index contributed by atoms with van der Waals surface area (Å²) in [5.74, 6) is 0.814. The summed E-state index contributed by atoms with van der Waals surface area (Å²) in [6, 6.07) is 19.8. The first kappa shape index (κ1) is 26.6. The number of hydrazone groups is 1. The topological polar surface area (TPSA) is 107 Å². The molecule has 0 aliphatic rings. The molecule has 0 saturated carbocycles. The summed E-state index contributed by atoms with van der Waals surface area (Å²) in [5.41, 5.74) is 3.96. The van der Waals surface area contributed by atoms with Crippen LogP contribution in [0.5, 0.6) is 17.2 Å². The van der Waals surface area contributed by atoms with Gasteiger partial charge in [0.25, 0.3) is 15.9 Å². The highest BCUT2D eigenvalue weighted by molar-refractivity contribution is 7.92. The highest BCUT2D eigenvalue weighted by Gasteiger charge is 2.29. The number of nitrogens with zero attached hydrogens (tertiary/aromatic N) is 2. The summed E-state index contributed by atoms with van der Waals surface area (Å²) in [6.45, 7) is 3.67. The van der Waals surface area contributed by atoms with E-state index in [2.05, 4.69) is 10.5 Å². The third-order valence-electron chi connectivity index (χ3n) is 5.21. The van der Waals surface area contributed by atoms with E-state index >= 15 is 0 Å². The van der Waals surface area contributed by atoms with Crippen molar-refractivity contribution in [3.05, 3.63) is 78.4 Å². The van der Waals surface area contributed by atoms with E-state index in [1.54, 1.807) is 37.3 Å². The van der Waals surface area contributed by atoms with Crippen LogP contribution in [-0.2, 0) is 14.8 Å². The van der Waals surface area contributed by atoms with E-state index in [0.29, 0.717) is 18.1 Å². The summed E-state index contributed by atoms with van der Waals surface area (Å²) in [6.07, 6.45) is 0. The molecular formula is C26H29N3O6S. The second-order valence-corrected chi connectivity index (χ2v) is 9.41. The number of methoxy groups -OCH3 is 2. The number of benzene rings is 3. The van der Waals surface area contributed by atoms with Gasteiger partial charge in [-0.05, 0) is 67.9 Å². The van der Waals surface area contributed by atoms with Gasteiger partial charge in [-0.3, -0.25) is 9.10 Å². The third kappa shape index (κ3) is 6.33. The Labute approximate surface area is 211 Å². The second kappa shape index (κ2) is 12.1. The molecule has 0 bridgehead atoms. The standard InChI is InChI=1S/C26H29N3O6S/c1-5-35-21-13-11-20(12-14-21)19(2)27-28-26(30)18-29(36(31,32)23-9-7-6-8-10-23)24-16-15-22(33-3)17-25(24)34-4/h6-17H,5,18H2,1-4H3,(H,28,30)/b27-19-. The molecule has 0 heterocycles. The molecule has 3 rings (SSSR count). The maximum absolute atomic E-state index is 13.5. The van der Waals surface area contributed by atoms with Gasteiger partial charge >= 0.3 is 0 Å². The van der Waals surface area contributed by atoms with Crippen molar-refractivity contribution in [2.24, 2.45) is 5.10 Å². The van der Waals surface area contributed by atoms with Gasteiger partial charge in [-0.2, -0.15) is 5.10 Å². The Morgan fingerprint density at radius 1 is 0.944 bits per heavy atom. The fraction of sp³-hybridized carbons (Fsp3) is 0.231. The molecule has 10 heteroatoms. The monoisotopic (exact) mass is 511 g/mol. The summed E-state index contributed by atoms with van der Waals surface area (Å²) in [5, 5.41) is 4.15. The highest BCUT2D eigenvalue weighted by atomic mass is 32.2. The number of carbonyl (C=O) groups is 1. The van der Waals surface area contributed by atoms with Crippen molar-refractivity contribution >= 4 is 27.3 Å². The predicted molar refractivity (Wildman–Crippen MR) is 138 cm³/mol. The van der Waals surface area contributed by atoms with Gasteiger partial charge < -0.3 is 14.2 Å². The minimum absolute atomic E-state index is 0.0322. The lowest BCUT2D eigenvalue weighted by Gasteiger charge is -2.25. The molecule has 0 unspecified atom stereocenters. The lowest BCUT2D eigenvalue weighted by atomic mass is 10.1. The molecule has 0 atom stereocenters. The molecule has 0 spiro atoms. The van der Waals surface area contributed by atoms with Crippen LogP contribution in [0, 0.1) is 0 Å². The quantitative estimate of drug-likeness (QED) is 0.310. The van der Waals surface area contributed by atoms with Gasteiger partial charge in [0, 0.05) is 6.07 Å². The largest absolute Gasteiger partial charge is 0.497 e. The number of ether oxygens (including phenoxy) is 3. The number of amides is 1. The van der Waals surface area contributed by atoms with Crippen molar-refractivity contribution in [3.63, 3.8) is 0 Å². The Morgan fingerprint density at radius 2 is 1.61 bits per heavy atom. The number of hydrogen-bond donors (Lipinski definition) is 1. The van der Waals surface area contributed by atoms with E-state index in [1.807, 2.05) is 31.2 Å². The van der Waals surface area contributed by atoms with Crippen LogP contribution >= 0.6 is 0 Å². The molecule has 0 aliphatic heterocycles. The average molecular weight is 512 g/mol. The van der Waals surface area contributed by atoms with Crippen LogP contribution in [0.1, 0.15) is 19.4 Å². The summed E-state index contributed by atoms with van der Waals surface area (Å²) in [7, 11) is -1.21. The van der Waals surface area contributed by atoms with Crippen molar-refractivity contribution in [1.82, 2.24) is 5.43 Å². The van der Waals surface area contributed by atoms with Crippen LogP contribution in [-0.4, -0.2) is 47.4 Å². The predicted octanol–water partition coefficient (Wildman–Crippen LogP) is 3.84.